The molecule has 1 aromatic heterocycles. The molecular formula is C24H35N7O6. The zero-order chi connectivity index (χ0) is 27.4. The molecule has 0 fully saturated rings. The van der Waals surface area contributed by atoms with Crippen LogP contribution < -0.4 is 27.4 Å². The Morgan fingerprint density at radius 1 is 0.946 bits per heavy atom. The highest BCUT2D eigenvalue weighted by Gasteiger charge is 2.30. The molecule has 13 heteroatoms. The van der Waals surface area contributed by atoms with Crippen LogP contribution in [-0.2, 0) is 32.0 Å². The molecule has 0 aliphatic carbocycles. The molecule has 10 N–H and O–H groups in total. The summed E-state index contributed by atoms with van der Waals surface area (Å²) in [6, 6.07) is 1.75. The lowest BCUT2D eigenvalue weighted by Gasteiger charge is -2.25. The topological polar surface area (TPSA) is 226 Å². The number of nitrogens with zero attached hydrogens (tertiary/aromatic N) is 1. The first kappa shape index (κ1) is 29.3. The van der Waals surface area contributed by atoms with E-state index in [1.165, 1.54) is 31.6 Å². The third-order valence-corrected chi connectivity index (χ3v) is 5.60. The summed E-state index contributed by atoms with van der Waals surface area (Å²) in [5.41, 5.74) is 12.3. The van der Waals surface area contributed by atoms with Gasteiger partial charge in [-0.1, -0.05) is 12.1 Å². The van der Waals surface area contributed by atoms with Crippen molar-refractivity contribution < 1.29 is 29.4 Å². The van der Waals surface area contributed by atoms with Crippen molar-refractivity contribution in [2.24, 2.45) is 11.5 Å². The van der Waals surface area contributed by atoms with Crippen LogP contribution in [0.5, 0.6) is 5.75 Å². The first-order valence-electron chi connectivity index (χ1n) is 12.0. The van der Waals surface area contributed by atoms with Gasteiger partial charge >= 0.3 is 5.97 Å². The van der Waals surface area contributed by atoms with Gasteiger partial charge in [0, 0.05) is 24.7 Å². The van der Waals surface area contributed by atoms with E-state index < -0.39 is 47.9 Å². The second-order valence-corrected chi connectivity index (χ2v) is 8.75. The molecule has 2 aromatic rings. The van der Waals surface area contributed by atoms with Crippen molar-refractivity contribution in [3.8, 4) is 5.75 Å². The molecule has 0 saturated heterocycles. The van der Waals surface area contributed by atoms with Crippen LogP contribution in [0.25, 0.3) is 0 Å². The fourth-order valence-electron chi connectivity index (χ4n) is 3.50. The van der Waals surface area contributed by atoms with Crippen LogP contribution in [0, 0.1) is 0 Å². The Morgan fingerprint density at radius 2 is 1.57 bits per heavy atom. The van der Waals surface area contributed by atoms with Gasteiger partial charge in [-0.2, -0.15) is 0 Å². The number of aromatic nitrogens is 2. The minimum absolute atomic E-state index is 0.00497. The first-order chi connectivity index (χ1) is 17.6. The highest BCUT2D eigenvalue weighted by molar-refractivity contribution is 5.94. The molecule has 4 unspecified atom stereocenters. The van der Waals surface area contributed by atoms with Crippen LogP contribution in [0.4, 0.5) is 0 Å². The second kappa shape index (κ2) is 14.6. The van der Waals surface area contributed by atoms with Crippen molar-refractivity contribution in [1.82, 2.24) is 25.9 Å². The van der Waals surface area contributed by atoms with Crippen LogP contribution in [-0.4, -0.2) is 74.6 Å². The zero-order valence-electron chi connectivity index (χ0n) is 20.6. The zero-order valence-corrected chi connectivity index (χ0v) is 20.6. The van der Waals surface area contributed by atoms with Crippen LogP contribution in [0.2, 0.25) is 0 Å². The number of rotatable bonds is 15. The number of benzene rings is 1. The number of phenolic OH excluding ortho intramolecular Hbond substituents is 1. The summed E-state index contributed by atoms with van der Waals surface area (Å²) in [7, 11) is 0. The Hall–Kier alpha value is -3.97. The summed E-state index contributed by atoms with van der Waals surface area (Å²) >= 11 is 0. The van der Waals surface area contributed by atoms with Gasteiger partial charge in [0.05, 0.1) is 12.4 Å². The summed E-state index contributed by atoms with van der Waals surface area (Å²) < 4.78 is 0. The summed E-state index contributed by atoms with van der Waals surface area (Å²) in [5.74, 6) is -3.12. The number of carbonyl (C=O) groups is 4. The minimum atomic E-state index is -1.29. The van der Waals surface area contributed by atoms with Gasteiger partial charge in [0.25, 0.3) is 0 Å². The van der Waals surface area contributed by atoms with E-state index in [1.807, 2.05) is 0 Å². The van der Waals surface area contributed by atoms with Crippen molar-refractivity contribution in [2.45, 2.75) is 63.2 Å². The lowest BCUT2D eigenvalue weighted by atomic mass is 10.0. The first-order valence-corrected chi connectivity index (χ1v) is 12.0. The number of aliphatic carboxylic acids is 1. The summed E-state index contributed by atoms with van der Waals surface area (Å²) in [6.07, 6.45) is 4.25. The number of nitrogens with two attached hydrogens (primary N) is 2. The molecule has 0 saturated carbocycles. The van der Waals surface area contributed by atoms with Crippen molar-refractivity contribution in [3.05, 3.63) is 48.0 Å². The van der Waals surface area contributed by atoms with E-state index >= 15 is 0 Å². The number of nitrogens with one attached hydrogen (secondary N) is 4. The maximum absolute atomic E-state index is 13.2. The predicted molar refractivity (Wildman–Crippen MR) is 134 cm³/mol. The van der Waals surface area contributed by atoms with Crippen molar-refractivity contribution in [2.75, 3.05) is 6.54 Å². The number of H-pyrrole nitrogens is 1. The van der Waals surface area contributed by atoms with Crippen LogP contribution in [0.3, 0.4) is 0 Å². The largest absolute Gasteiger partial charge is 0.508 e. The van der Waals surface area contributed by atoms with Gasteiger partial charge in [-0.3, -0.25) is 14.4 Å². The minimum Gasteiger partial charge on any atom is -0.508 e. The fraction of sp³-hybridized carbons (Fsp3) is 0.458. The molecule has 1 aromatic carbocycles. The number of phenols is 1. The second-order valence-electron chi connectivity index (χ2n) is 8.75. The number of unbranched alkanes of at least 4 members (excludes halogenated alkanes) is 1. The molecule has 0 aliphatic rings. The SMILES string of the molecule is CC(N)C(=O)NC(CCCCN)C(=O)NC(Cc1ccc(O)cc1)C(=O)NC(Cc1cnc[nH]1)C(=O)O. The highest BCUT2D eigenvalue weighted by atomic mass is 16.4. The van der Waals surface area contributed by atoms with Crippen molar-refractivity contribution in [3.63, 3.8) is 0 Å². The Balaban J connectivity index is 2.23. The number of hydrogen-bond donors (Lipinski definition) is 8. The summed E-state index contributed by atoms with van der Waals surface area (Å²) in [4.78, 5) is 57.0. The predicted octanol–water partition coefficient (Wildman–Crippen LogP) is -1.08. The fourth-order valence-corrected chi connectivity index (χ4v) is 3.50. The van der Waals surface area contributed by atoms with E-state index in [0.717, 1.165) is 0 Å². The standard InChI is InChI=1S/C24H35N7O6/c1-14(26)21(33)29-18(4-2-3-9-25)22(34)30-19(10-15-5-7-17(32)8-6-15)23(35)31-20(24(36)37)11-16-12-27-13-28-16/h5-8,12-14,18-20,32H,2-4,9-11,25-26H2,1H3,(H,27,28)(H,29,33)(H,30,34)(H,31,35)(H,36,37). The molecule has 0 radical (unpaired) electrons. The van der Waals surface area contributed by atoms with Crippen LogP contribution >= 0.6 is 0 Å². The number of carboxylic acid groups (broad SMARTS) is 1. The third-order valence-electron chi connectivity index (χ3n) is 5.60. The maximum atomic E-state index is 13.2. The van der Waals surface area contributed by atoms with Crippen LogP contribution in [0.15, 0.2) is 36.8 Å². The van der Waals surface area contributed by atoms with Gasteiger partial charge in [0.15, 0.2) is 0 Å². The lowest BCUT2D eigenvalue weighted by molar-refractivity contribution is -0.142. The number of amides is 3. The lowest BCUT2D eigenvalue weighted by Crippen LogP contribution is -2.57. The third kappa shape index (κ3) is 9.89. The monoisotopic (exact) mass is 517 g/mol. The number of aromatic amines is 1. The average Bonchev–Trinajstić information content (AvgIpc) is 3.36. The van der Waals surface area contributed by atoms with Gasteiger partial charge < -0.3 is 42.6 Å². The number of carboxylic acids is 1. The smallest absolute Gasteiger partial charge is 0.326 e. The Labute approximate surface area is 214 Å². The normalized spacial score (nSPS) is 14.1. The molecule has 0 bridgehead atoms. The molecule has 0 aliphatic heterocycles. The number of imidazole rings is 1. The Morgan fingerprint density at radius 3 is 2.14 bits per heavy atom. The highest BCUT2D eigenvalue weighted by Crippen LogP contribution is 2.12. The molecule has 202 valence electrons. The van der Waals surface area contributed by atoms with E-state index in [0.29, 0.717) is 30.6 Å². The van der Waals surface area contributed by atoms with Crippen molar-refractivity contribution in [1.29, 1.82) is 0 Å². The Bertz CT molecular complexity index is 1030. The molecule has 4 atom stereocenters. The van der Waals surface area contributed by atoms with Gasteiger partial charge in [-0.15, -0.1) is 0 Å². The molecular weight excluding hydrogens is 482 g/mol. The summed E-state index contributed by atoms with van der Waals surface area (Å²) in [6.45, 7) is 1.89. The van der Waals surface area contributed by atoms with E-state index in [1.54, 1.807) is 12.1 Å². The van der Waals surface area contributed by atoms with E-state index in [4.69, 9.17) is 11.5 Å². The molecule has 37 heavy (non-hydrogen) atoms. The van der Waals surface area contributed by atoms with E-state index in [9.17, 15) is 29.4 Å². The number of hydrogen-bond acceptors (Lipinski definition) is 8. The molecule has 3 amide bonds. The quantitative estimate of drug-likeness (QED) is 0.134. The Kier molecular flexibility index (Phi) is 11.5. The van der Waals surface area contributed by atoms with E-state index in [2.05, 4.69) is 25.9 Å². The molecule has 2 rings (SSSR count). The van der Waals surface area contributed by atoms with Gasteiger partial charge in [-0.05, 0) is 50.4 Å². The summed E-state index contributed by atoms with van der Waals surface area (Å²) in [5, 5.41) is 26.9. The maximum Gasteiger partial charge on any atom is 0.326 e. The molecule has 13 nitrogen and oxygen atoms in total. The van der Waals surface area contributed by atoms with Crippen molar-refractivity contribution >= 4 is 23.7 Å². The van der Waals surface area contributed by atoms with Gasteiger partial charge in [0.2, 0.25) is 17.7 Å². The van der Waals surface area contributed by atoms with Gasteiger partial charge in [0.1, 0.15) is 23.9 Å². The average molecular weight is 518 g/mol. The number of carbonyl (C=O) groups excluding carboxylic acids is 3. The van der Waals surface area contributed by atoms with Gasteiger partial charge in [-0.25, -0.2) is 9.78 Å². The van der Waals surface area contributed by atoms with E-state index in [-0.39, 0.29) is 25.0 Å². The molecule has 1 heterocycles. The van der Waals surface area contributed by atoms with Crippen LogP contribution in [0.1, 0.15) is 37.4 Å². The number of aromatic hydroxyl groups is 1. The molecule has 0 spiro atoms.